The second kappa shape index (κ2) is 6.78. The first-order valence-electron chi connectivity index (χ1n) is 7.74. The summed E-state index contributed by atoms with van der Waals surface area (Å²) in [7, 11) is 0. The van der Waals surface area contributed by atoms with Gasteiger partial charge in [0.2, 0.25) is 11.8 Å². The number of carbonyl (C=O) groups is 2. The molecule has 0 radical (unpaired) electrons. The average molecular weight is 292 g/mol. The lowest BCUT2D eigenvalue weighted by molar-refractivity contribution is -0.144. The van der Waals surface area contributed by atoms with E-state index in [1.54, 1.807) is 12.3 Å². The van der Waals surface area contributed by atoms with E-state index in [0.29, 0.717) is 25.1 Å². The van der Waals surface area contributed by atoms with Crippen LogP contribution in [-0.2, 0) is 16.1 Å². The quantitative estimate of drug-likeness (QED) is 0.748. The van der Waals surface area contributed by atoms with Crippen LogP contribution in [0, 0.1) is 5.41 Å². The zero-order chi connectivity index (χ0) is 15.3. The van der Waals surface area contributed by atoms with E-state index in [9.17, 15) is 9.59 Å². The number of nitrogens with one attached hydrogen (secondary N) is 1. The van der Waals surface area contributed by atoms with Gasteiger partial charge in [-0.05, 0) is 37.8 Å². The topological polar surface area (TPSA) is 62.6 Å². The number of amides is 2. The van der Waals surface area contributed by atoms with E-state index in [4.69, 9.17) is 4.42 Å². The fourth-order valence-electron chi connectivity index (χ4n) is 2.57. The fraction of sp³-hybridized carbons (Fsp3) is 0.625. The Kier molecular flexibility index (Phi) is 5.04. The first-order chi connectivity index (χ1) is 10.1. The van der Waals surface area contributed by atoms with Gasteiger partial charge in [-0.3, -0.25) is 9.59 Å². The van der Waals surface area contributed by atoms with Gasteiger partial charge in [-0.25, -0.2) is 0 Å². The van der Waals surface area contributed by atoms with Gasteiger partial charge >= 0.3 is 0 Å². The maximum Gasteiger partial charge on any atom is 0.238 e. The highest BCUT2D eigenvalue weighted by Gasteiger charge is 2.57. The fourth-order valence-corrected chi connectivity index (χ4v) is 2.57. The van der Waals surface area contributed by atoms with Gasteiger partial charge in [-0.15, -0.1) is 0 Å². The predicted molar refractivity (Wildman–Crippen MR) is 79.4 cm³/mol. The molecule has 0 unspecified atom stereocenters. The molecule has 1 N–H and O–H groups in total. The van der Waals surface area contributed by atoms with Crippen LogP contribution in [0.25, 0.3) is 0 Å². The Morgan fingerprint density at radius 2 is 1.95 bits per heavy atom. The van der Waals surface area contributed by atoms with Crippen LogP contribution < -0.4 is 5.32 Å². The molecule has 1 aromatic heterocycles. The third kappa shape index (κ3) is 3.46. The van der Waals surface area contributed by atoms with Gasteiger partial charge in [0.05, 0.1) is 12.8 Å². The van der Waals surface area contributed by atoms with Gasteiger partial charge in [0.1, 0.15) is 11.2 Å². The van der Waals surface area contributed by atoms with Crippen molar-refractivity contribution in [1.82, 2.24) is 10.2 Å². The number of rotatable bonds is 8. The Labute approximate surface area is 125 Å². The first-order valence-corrected chi connectivity index (χ1v) is 7.74. The second-order valence-corrected chi connectivity index (χ2v) is 5.64. The van der Waals surface area contributed by atoms with Crippen molar-refractivity contribution in [2.45, 2.75) is 46.1 Å². The minimum atomic E-state index is -0.822. The molecular formula is C16H24N2O3. The van der Waals surface area contributed by atoms with Crippen molar-refractivity contribution in [3.8, 4) is 0 Å². The summed E-state index contributed by atoms with van der Waals surface area (Å²) in [6, 6.07) is 3.59. The number of hydrogen-bond donors (Lipinski definition) is 1. The number of carbonyl (C=O) groups excluding carboxylic acids is 2. The van der Waals surface area contributed by atoms with Crippen molar-refractivity contribution < 1.29 is 14.0 Å². The van der Waals surface area contributed by atoms with Crippen LogP contribution in [0.5, 0.6) is 0 Å². The van der Waals surface area contributed by atoms with E-state index >= 15 is 0 Å². The van der Waals surface area contributed by atoms with Gasteiger partial charge in [0.25, 0.3) is 0 Å². The van der Waals surface area contributed by atoms with Crippen molar-refractivity contribution in [2.24, 2.45) is 5.41 Å². The molecule has 1 fully saturated rings. The molecule has 0 atom stereocenters. The molecule has 0 aliphatic heterocycles. The molecule has 1 aliphatic rings. The molecule has 5 heteroatoms. The van der Waals surface area contributed by atoms with Gasteiger partial charge < -0.3 is 14.6 Å². The van der Waals surface area contributed by atoms with Gasteiger partial charge in [-0.1, -0.05) is 13.8 Å². The normalized spacial score (nSPS) is 15.5. The largest absolute Gasteiger partial charge is 0.467 e. The second-order valence-electron chi connectivity index (χ2n) is 5.64. The van der Waals surface area contributed by atoms with Gasteiger partial charge in [0.15, 0.2) is 0 Å². The van der Waals surface area contributed by atoms with Crippen LogP contribution in [0.2, 0.25) is 0 Å². The van der Waals surface area contributed by atoms with Crippen molar-refractivity contribution in [3.63, 3.8) is 0 Å². The minimum Gasteiger partial charge on any atom is -0.467 e. The molecule has 116 valence electrons. The molecule has 2 amide bonds. The summed E-state index contributed by atoms with van der Waals surface area (Å²) in [6.45, 7) is 5.88. The van der Waals surface area contributed by atoms with Crippen molar-refractivity contribution in [3.05, 3.63) is 24.2 Å². The first kappa shape index (κ1) is 15.6. The SMILES string of the molecule is CCCN(CCC)C(=O)C1(C(=O)NCc2ccco2)CC1. The van der Waals surface area contributed by atoms with Crippen molar-refractivity contribution >= 4 is 11.8 Å². The van der Waals surface area contributed by atoms with Crippen molar-refractivity contribution in [2.75, 3.05) is 13.1 Å². The molecule has 0 bridgehead atoms. The monoisotopic (exact) mass is 292 g/mol. The Bertz CT molecular complexity index is 472. The van der Waals surface area contributed by atoms with E-state index < -0.39 is 5.41 Å². The van der Waals surface area contributed by atoms with Gasteiger partial charge in [0, 0.05) is 13.1 Å². The molecule has 0 aromatic carbocycles. The molecule has 1 aromatic rings. The third-order valence-electron chi connectivity index (χ3n) is 3.87. The highest BCUT2D eigenvalue weighted by atomic mass is 16.3. The van der Waals surface area contributed by atoms with Crippen LogP contribution >= 0.6 is 0 Å². The van der Waals surface area contributed by atoms with Crippen LogP contribution in [0.4, 0.5) is 0 Å². The minimum absolute atomic E-state index is 0.0110. The Balaban J connectivity index is 1.96. The number of hydrogen-bond acceptors (Lipinski definition) is 3. The molecule has 0 spiro atoms. The van der Waals surface area contributed by atoms with Gasteiger partial charge in [-0.2, -0.15) is 0 Å². The Morgan fingerprint density at radius 3 is 2.43 bits per heavy atom. The van der Waals surface area contributed by atoms with E-state index in [1.165, 1.54) is 0 Å². The standard InChI is InChI=1S/C16H24N2O3/c1-3-9-18(10-4-2)15(20)16(7-8-16)14(19)17-12-13-6-5-11-21-13/h5-6,11H,3-4,7-10,12H2,1-2H3,(H,17,19). The van der Waals surface area contributed by atoms with Crippen LogP contribution in [0.1, 0.15) is 45.3 Å². The summed E-state index contributed by atoms with van der Waals surface area (Å²) in [5.74, 6) is 0.523. The molecule has 1 saturated carbocycles. The third-order valence-corrected chi connectivity index (χ3v) is 3.87. The molecular weight excluding hydrogens is 268 g/mol. The highest BCUT2D eigenvalue weighted by molar-refractivity contribution is 6.07. The lowest BCUT2D eigenvalue weighted by Gasteiger charge is -2.26. The Morgan fingerprint density at radius 1 is 1.29 bits per heavy atom. The maximum atomic E-state index is 12.7. The summed E-state index contributed by atoms with van der Waals surface area (Å²) in [4.78, 5) is 26.9. The molecule has 5 nitrogen and oxygen atoms in total. The number of nitrogens with zero attached hydrogens (tertiary/aromatic N) is 1. The summed E-state index contributed by atoms with van der Waals surface area (Å²) in [5.41, 5.74) is -0.822. The smallest absolute Gasteiger partial charge is 0.238 e. The van der Waals surface area contributed by atoms with E-state index in [-0.39, 0.29) is 11.8 Å². The molecule has 1 heterocycles. The lowest BCUT2D eigenvalue weighted by atomic mass is 10.0. The lowest BCUT2D eigenvalue weighted by Crippen LogP contribution is -2.45. The van der Waals surface area contributed by atoms with Crippen LogP contribution in [-0.4, -0.2) is 29.8 Å². The van der Waals surface area contributed by atoms with E-state index in [0.717, 1.165) is 25.9 Å². The van der Waals surface area contributed by atoms with Crippen LogP contribution in [0.3, 0.4) is 0 Å². The van der Waals surface area contributed by atoms with Crippen molar-refractivity contribution in [1.29, 1.82) is 0 Å². The summed E-state index contributed by atoms with van der Waals surface area (Å²) in [6.07, 6.45) is 4.70. The highest BCUT2D eigenvalue weighted by Crippen LogP contribution is 2.47. The average Bonchev–Trinajstić information content (AvgIpc) is 3.13. The van der Waals surface area contributed by atoms with Crippen LogP contribution in [0.15, 0.2) is 22.8 Å². The summed E-state index contributed by atoms with van der Waals surface area (Å²) >= 11 is 0. The molecule has 0 saturated heterocycles. The van der Waals surface area contributed by atoms with E-state index in [2.05, 4.69) is 5.32 Å². The maximum absolute atomic E-state index is 12.7. The summed E-state index contributed by atoms with van der Waals surface area (Å²) in [5, 5.41) is 2.83. The predicted octanol–water partition coefficient (Wildman–Crippen LogP) is 2.32. The zero-order valence-corrected chi connectivity index (χ0v) is 12.9. The molecule has 2 rings (SSSR count). The summed E-state index contributed by atoms with van der Waals surface area (Å²) < 4.78 is 5.19. The zero-order valence-electron chi connectivity index (χ0n) is 12.9. The number of furan rings is 1. The van der Waals surface area contributed by atoms with E-state index in [1.807, 2.05) is 24.8 Å². The molecule has 1 aliphatic carbocycles. The molecule has 21 heavy (non-hydrogen) atoms. The Hall–Kier alpha value is -1.78.